The molecule has 5 rings (SSSR count). The van der Waals surface area contributed by atoms with Crippen molar-refractivity contribution in [3.05, 3.63) is 77.5 Å². The minimum absolute atomic E-state index is 0.0572. The van der Waals surface area contributed by atoms with Gasteiger partial charge in [0.25, 0.3) is 0 Å². The molecule has 1 saturated heterocycles. The van der Waals surface area contributed by atoms with E-state index in [0.29, 0.717) is 13.2 Å². The van der Waals surface area contributed by atoms with Crippen LogP contribution in [-0.4, -0.2) is 29.2 Å². The average Bonchev–Trinajstić information content (AvgIpc) is 3.32. The Kier molecular flexibility index (Phi) is 6.01. The van der Waals surface area contributed by atoms with Crippen LogP contribution in [0.5, 0.6) is 5.75 Å². The molecule has 1 amide bonds. The van der Waals surface area contributed by atoms with Gasteiger partial charge in [0.2, 0.25) is 5.91 Å². The summed E-state index contributed by atoms with van der Waals surface area (Å²) in [5.41, 5.74) is 4.36. The fourth-order valence-corrected chi connectivity index (χ4v) is 4.49. The van der Waals surface area contributed by atoms with E-state index in [-0.39, 0.29) is 11.8 Å². The fourth-order valence-electron chi connectivity index (χ4n) is 4.49. The number of aryl methyl sites for hydroxylation is 2. The van der Waals surface area contributed by atoms with Crippen molar-refractivity contribution in [2.45, 2.75) is 38.7 Å². The normalized spacial score (nSPS) is 17.6. The first kappa shape index (κ1) is 20.5. The highest BCUT2D eigenvalue weighted by molar-refractivity contribution is 5.93. The van der Waals surface area contributed by atoms with Crippen LogP contribution >= 0.6 is 0 Å². The van der Waals surface area contributed by atoms with Crippen LogP contribution in [0.3, 0.4) is 0 Å². The van der Waals surface area contributed by atoms with E-state index < -0.39 is 0 Å². The minimum Gasteiger partial charge on any atom is -0.489 e. The van der Waals surface area contributed by atoms with Crippen molar-refractivity contribution in [3.63, 3.8) is 0 Å². The van der Waals surface area contributed by atoms with E-state index in [4.69, 9.17) is 4.74 Å². The average molecular weight is 429 g/mol. The summed E-state index contributed by atoms with van der Waals surface area (Å²) in [7, 11) is 0. The molecule has 1 aromatic heterocycles. The van der Waals surface area contributed by atoms with Gasteiger partial charge in [0.15, 0.2) is 5.82 Å². The van der Waals surface area contributed by atoms with Crippen molar-refractivity contribution in [3.8, 4) is 5.75 Å². The molecule has 1 atom stereocenters. The van der Waals surface area contributed by atoms with Gasteiger partial charge >= 0.3 is 0 Å². The second-order valence-corrected chi connectivity index (χ2v) is 8.60. The van der Waals surface area contributed by atoms with Gasteiger partial charge in [0.1, 0.15) is 12.4 Å². The number of aromatic nitrogens is 2. The zero-order chi connectivity index (χ0) is 21.8. The third kappa shape index (κ3) is 4.74. The lowest BCUT2D eigenvalue weighted by atomic mass is 9.97. The van der Waals surface area contributed by atoms with E-state index in [9.17, 15) is 4.79 Å². The Labute approximate surface area is 188 Å². The molecule has 2 aliphatic rings. The van der Waals surface area contributed by atoms with Crippen LogP contribution in [0.15, 0.2) is 60.7 Å². The molecule has 6 heteroatoms. The van der Waals surface area contributed by atoms with Crippen LogP contribution in [0.4, 0.5) is 11.5 Å². The number of piperidine rings is 1. The van der Waals surface area contributed by atoms with Crippen LogP contribution in [0, 0.1) is 5.92 Å². The Hall–Kier alpha value is -3.41. The number of fused-ring (bicyclic) bond motifs is 1. The Morgan fingerprint density at radius 1 is 1.03 bits per heavy atom. The summed E-state index contributed by atoms with van der Waals surface area (Å²) in [6.07, 6.45) is 5.14. The highest BCUT2D eigenvalue weighted by Gasteiger charge is 2.27. The number of nitrogens with one attached hydrogen (secondary N) is 1. The fraction of sp³-hybridized carbons (Fsp3) is 0.346. The van der Waals surface area contributed by atoms with Crippen LogP contribution in [0.2, 0.25) is 0 Å². The lowest BCUT2D eigenvalue weighted by Crippen LogP contribution is -2.41. The summed E-state index contributed by atoms with van der Waals surface area (Å²) in [6.45, 7) is 2.12. The van der Waals surface area contributed by atoms with E-state index in [2.05, 4.69) is 26.5 Å². The predicted molar refractivity (Wildman–Crippen MR) is 125 cm³/mol. The first-order valence-electron chi connectivity index (χ1n) is 11.4. The van der Waals surface area contributed by atoms with Gasteiger partial charge in [-0.15, -0.1) is 5.10 Å². The molecule has 3 aromatic rings. The molecule has 1 fully saturated rings. The topological polar surface area (TPSA) is 67.3 Å². The third-order valence-corrected chi connectivity index (χ3v) is 6.29. The molecular formula is C26H28N4O2. The summed E-state index contributed by atoms with van der Waals surface area (Å²) in [4.78, 5) is 15.1. The summed E-state index contributed by atoms with van der Waals surface area (Å²) < 4.78 is 5.83. The number of ether oxygens (including phenoxy) is 1. The molecule has 0 saturated carbocycles. The van der Waals surface area contributed by atoms with Crippen LogP contribution in [0.25, 0.3) is 0 Å². The van der Waals surface area contributed by atoms with Gasteiger partial charge in [0, 0.05) is 18.8 Å². The molecule has 0 spiro atoms. The Morgan fingerprint density at radius 3 is 2.72 bits per heavy atom. The number of anilines is 2. The summed E-state index contributed by atoms with van der Waals surface area (Å²) >= 11 is 0. The molecule has 0 bridgehead atoms. The van der Waals surface area contributed by atoms with E-state index in [1.165, 1.54) is 5.56 Å². The molecule has 0 unspecified atom stereocenters. The standard InChI is InChI=1S/C26H28N4O2/c31-26(27-22-11-13-23(14-12-22)32-18-19-6-2-1-3-7-19)21-9-5-15-30(17-21)25-16-20-8-4-10-24(20)28-29-25/h1-3,6-7,11-14,16,21H,4-5,8-10,15,17-18H2,(H,27,31)/t21-/m1/s1. The second-order valence-electron chi connectivity index (χ2n) is 8.60. The van der Waals surface area contributed by atoms with Gasteiger partial charge in [-0.1, -0.05) is 30.3 Å². The van der Waals surface area contributed by atoms with E-state index in [1.807, 2.05) is 54.6 Å². The second kappa shape index (κ2) is 9.39. The SMILES string of the molecule is O=C(Nc1ccc(OCc2ccccc2)cc1)[C@@H]1CCCN(c2cc3c(nn2)CCC3)C1. The first-order valence-corrected chi connectivity index (χ1v) is 11.4. The predicted octanol–water partition coefficient (Wildman–Crippen LogP) is 4.40. The smallest absolute Gasteiger partial charge is 0.229 e. The Balaban J connectivity index is 1.16. The van der Waals surface area contributed by atoms with Gasteiger partial charge in [-0.3, -0.25) is 4.79 Å². The van der Waals surface area contributed by atoms with Crippen molar-refractivity contribution in [1.82, 2.24) is 10.2 Å². The monoisotopic (exact) mass is 428 g/mol. The number of carbonyl (C=O) groups is 1. The van der Waals surface area contributed by atoms with E-state index in [0.717, 1.165) is 67.2 Å². The largest absolute Gasteiger partial charge is 0.489 e. The summed E-state index contributed by atoms with van der Waals surface area (Å²) in [5, 5.41) is 11.9. The van der Waals surface area contributed by atoms with Crippen molar-refractivity contribution >= 4 is 17.4 Å². The van der Waals surface area contributed by atoms with Gasteiger partial charge < -0.3 is 15.0 Å². The van der Waals surface area contributed by atoms with E-state index in [1.54, 1.807) is 0 Å². The van der Waals surface area contributed by atoms with Crippen LogP contribution in [0.1, 0.15) is 36.1 Å². The van der Waals surface area contributed by atoms with Gasteiger partial charge in [-0.05, 0) is 73.6 Å². The lowest BCUT2D eigenvalue weighted by Gasteiger charge is -2.32. The maximum Gasteiger partial charge on any atom is 0.229 e. The number of nitrogens with zero attached hydrogens (tertiary/aromatic N) is 3. The molecule has 1 N–H and O–H groups in total. The highest BCUT2D eigenvalue weighted by Crippen LogP contribution is 2.27. The number of amides is 1. The molecular weight excluding hydrogens is 400 g/mol. The van der Waals surface area contributed by atoms with Crippen molar-refractivity contribution in [2.75, 3.05) is 23.3 Å². The maximum atomic E-state index is 12.9. The molecule has 1 aliphatic carbocycles. The van der Waals surface area contributed by atoms with Gasteiger partial charge in [-0.25, -0.2) is 0 Å². The zero-order valence-electron chi connectivity index (χ0n) is 18.2. The maximum absolute atomic E-state index is 12.9. The minimum atomic E-state index is -0.0622. The molecule has 6 nitrogen and oxygen atoms in total. The van der Waals surface area contributed by atoms with Crippen molar-refractivity contribution < 1.29 is 9.53 Å². The molecule has 0 radical (unpaired) electrons. The lowest BCUT2D eigenvalue weighted by molar-refractivity contribution is -0.120. The number of hydrogen-bond donors (Lipinski definition) is 1. The first-order chi connectivity index (χ1) is 15.7. The van der Waals surface area contributed by atoms with E-state index >= 15 is 0 Å². The number of rotatable bonds is 6. The quantitative estimate of drug-likeness (QED) is 0.630. The molecule has 2 heterocycles. The van der Waals surface area contributed by atoms with Crippen LogP contribution in [-0.2, 0) is 24.2 Å². The molecule has 2 aromatic carbocycles. The molecule has 164 valence electrons. The third-order valence-electron chi connectivity index (χ3n) is 6.29. The molecule has 1 aliphatic heterocycles. The van der Waals surface area contributed by atoms with Crippen molar-refractivity contribution in [2.24, 2.45) is 5.92 Å². The number of hydrogen-bond acceptors (Lipinski definition) is 5. The van der Waals surface area contributed by atoms with Crippen LogP contribution < -0.4 is 15.0 Å². The Bertz CT molecular complexity index is 1070. The zero-order valence-corrected chi connectivity index (χ0v) is 18.2. The number of benzene rings is 2. The number of carbonyl (C=O) groups excluding carboxylic acids is 1. The van der Waals surface area contributed by atoms with Crippen molar-refractivity contribution in [1.29, 1.82) is 0 Å². The summed E-state index contributed by atoms with van der Waals surface area (Å²) in [6, 6.07) is 19.8. The van der Waals surface area contributed by atoms with Gasteiger partial charge in [-0.2, -0.15) is 5.10 Å². The highest BCUT2D eigenvalue weighted by atomic mass is 16.5. The molecule has 32 heavy (non-hydrogen) atoms. The summed E-state index contributed by atoms with van der Waals surface area (Å²) in [5.74, 6) is 1.68. The van der Waals surface area contributed by atoms with Gasteiger partial charge in [0.05, 0.1) is 11.6 Å². The Morgan fingerprint density at radius 2 is 1.88 bits per heavy atom.